The van der Waals surface area contributed by atoms with Crippen LogP contribution in [0.2, 0.25) is 0 Å². The molecule has 2 aromatic rings. The van der Waals surface area contributed by atoms with Gasteiger partial charge in [-0.2, -0.15) is 5.26 Å². The molecule has 0 aliphatic carbocycles. The second kappa shape index (κ2) is 6.95. The van der Waals surface area contributed by atoms with Gasteiger partial charge >= 0.3 is 0 Å². The predicted octanol–water partition coefficient (Wildman–Crippen LogP) is 3.16. The minimum Gasteiger partial charge on any atom is -0.506 e. The molecule has 5 nitrogen and oxygen atoms in total. The lowest BCUT2D eigenvalue weighted by Gasteiger charge is -2.06. The molecule has 0 spiro atoms. The van der Waals surface area contributed by atoms with E-state index in [1.165, 1.54) is 12.3 Å². The summed E-state index contributed by atoms with van der Waals surface area (Å²) in [5.41, 5.74) is 1.95. The van der Waals surface area contributed by atoms with Gasteiger partial charge in [-0.05, 0) is 36.8 Å². The molecular formula is C17H15N3O2. The number of carbonyl (C=O) groups is 1. The summed E-state index contributed by atoms with van der Waals surface area (Å²) < 4.78 is 0. The summed E-state index contributed by atoms with van der Waals surface area (Å²) in [4.78, 5) is 12.1. The Balaban J connectivity index is 2.11. The van der Waals surface area contributed by atoms with Gasteiger partial charge in [0.05, 0.1) is 5.69 Å². The number of aromatic hydroxyl groups is 1. The Kier molecular flexibility index (Phi) is 4.78. The number of phenolic OH excluding ortho intramolecular Hbond substituents is 1. The first-order valence-corrected chi connectivity index (χ1v) is 6.63. The zero-order chi connectivity index (χ0) is 15.9. The third-order valence-corrected chi connectivity index (χ3v) is 2.92. The van der Waals surface area contributed by atoms with Crippen LogP contribution in [0.15, 0.2) is 60.3 Å². The van der Waals surface area contributed by atoms with Gasteiger partial charge in [0, 0.05) is 11.9 Å². The number of nitrogens with one attached hydrogen (secondary N) is 2. The molecule has 0 aliphatic heterocycles. The smallest absolute Gasteiger partial charge is 0.267 e. The van der Waals surface area contributed by atoms with Crippen LogP contribution < -0.4 is 10.6 Å². The standard InChI is InChI=1S/C17H15N3O2/c1-12-5-4-6-14(9-12)20-17(22)13(10-18)11-19-15-7-2-3-8-16(15)21/h2-9,11,19,21H,1H3,(H,20,22)/b13-11-. The molecule has 1 amide bonds. The number of anilines is 2. The van der Waals surface area contributed by atoms with Gasteiger partial charge in [-0.1, -0.05) is 24.3 Å². The number of aryl methyl sites for hydroxylation is 1. The molecule has 0 bridgehead atoms. The first-order chi connectivity index (χ1) is 10.6. The highest BCUT2D eigenvalue weighted by atomic mass is 16.3. The number of rotatable bonds is 4. The number of carbonyl (C=O) groups excluding carboxylic acids is 1. The van der Waals surface area contributed by atoms with E-state index in [4.69, 9.17) is 5.26 Å². The fraction of sp³-hybridized carbons (Fsp3) is 0.0588. The zero-order valence-electron chi connectivity index (χ0n) is 12.0. The van der Waals surface area contributed by atoms with Crippen molar-refractivity contribution in [1.29, 1.82) is 5.26 Å². The number of amides is 1. The molecule has 2 rings (SSSR count). The van der Waals surface area contributed by atoms with E-state index in [0.29, 0.717) is 11.4 Å². The number of hydrogen-bond acceptors (Lipinski definition) is 4. The lowest BCUT2D eigenvalue weighted by atomic mass is 10.2. The molecule has 0 fully saturated rings. The lowest BCUT2D eigenvalue weighted by Crippen LogP contribution is -2.14. The first-order valence-electron chi connectivity index (χ1n) is 6.63. The second-order valence-electron chi connectivity index (χ2n) is 4.65. The summed E-state index contributed by atoms with van der Waals surface area (Å²) in [5.74, 6) is -0.480. The maximum atomic E-state index is 12.1. The van der Waals surface area contributed by atoms with Crippen molar-refractivity contribution in [1.82, 2.24) is 0 Å². The van der Waals surface area contributed by atoms with Crippen LogP contribution in [-0.2, 0) is 4.79 Å². The first kappa shape index (κ1) is 15.1. The molecule has 0 radical (unpaired) electrons. The molecule has 0 aromatic heterocycles. The molecule has 5 heteroatoms. The van der Waals surface area contributed by atoms with Crippen LogP contribution in [0.4, 0.5) is 11.4 Å². The van der Waals surface area contributed by atoms with Gasteiger partial charge in [-0.25, -0.2) is 0 Å². The average molecular weight is 293 g/mol. The SMILES string of the molecule is Cc1cccc(NC(=O)/C(C#N)=C\Nc2ccccc2O)c1. The third kappa shape index (κ3) is 3.87. The van der Waals surface area contributed by atoms with Crippen LogP contribution in [-0.4, -0.2) is 11.0 Å². The molecule has 0 atom stereocenters. The predicted molar refractivity (Wildman–Crippen MR) is 85.2 cm³/mol. The summed E-state index contributed by atoms with van der Waals surface area (Å²) in [6.45, 7) is 1.91. The van der Waals surface area contributed by atoms with E-state index < -0.39 is 5.91 Å². The Labute approximate surface area is 128 Å². The largest absolute Gasteiger partial charge is 0.506 e. The van der Waals surface area contributed by atoms with Gasteiger partial charge in [0.25, 0.3) is 5.91 Å². The van der Waals surface area contributed by atoms with Crippen LogP contribution in [0, 0.1) is 18.3 Å². The van der Waals surface area contributed by atoms with Crippen LogP contribution in [0.5, 0.6) is 5.75 Å². The minimum absolute atomic E-state index is 0.0372. The summed E-state index contributed by atoms with van der Waals surface area (Å²) in [6, 6.07) is 15.7. The van der Waals surface area contributed by atoms with E-state index in [1.807, 2.05) is 31.2 Å². The zero-order valence-corrected chi connectivity index (χ0v) is 12.0. The lowest BCUT2D eigenvalue weighted by molar-refractivity contribution is -0.112. The highest BCUT2D eigenvalue weighted by Gasteiger charge is 2.09. The highest BCUT2D eigenvalue weighted by molar-refractivity contribution is 6.06. The van der Waals surface area contributed by atoms with Crippen molar-refractivity contribution < 1.29 is 9.90 Å². The molecule has 3 N–H and O–H groups in total. The molecule has 0 heterocycles. The fourth-order valence-electron chi connectivity index (χ4n) is 1.82. The number of hydrogen-bond donors (Lipinski definition) is 3. The van der Waals surface area contributed by atoms with Crippen molar-refractivity contribution in [2.24, 2.45) is 0 Å². The topological polar surface area (TPSA) is 85.2 Å². The normalized spacial score (nSPS) is 10.6. The van der Waals surface area contributed by atoms with Crippen molar-refractivity contribution >= 4 is 17.3 Å². The second-order valence-corrected chi connectivity index (χ2v) is 4.65. The summed E-state index contributed by atoms with van der Waals surface area (Å²) in [7, 11) is 0. The van der Waals surface area contributed by atoms with Crippen LogP contribution >= 0.6 is 0 Å². The Morgan fingerprint density at radius 3 is 2.68 bits per heavy atom. The molecule has 2 aromatic carbocycles. The maximum absolute atomic E-state index is 12.1. The summed E-state index contributed by atoms with van der Waals surface area (Å²) in [5, 5.41) is 24.1. The van der Waals surface area contributed by atoms with E-state index in [9.17, 15) is 9.90 Å². The van der Waals surface area contributed by atoms with Crippen LogP contribution in [0.1, 0.15) is 5.56 Å². The third-order valence-electron chi connectivity index (χ3n) is 2.92. The van der Waals surface area contributed by atoms with E-state index in [1.54, 1.807) is 24.3 Å². The van der Waals surface area contributed by atoms with Crippen LogP contribution in [0.25, 0.3) is 0 Å². The average Bonchev–Trinajstić information content (AvgIpc) is 2.49. The molecule has 110 valence electrons. The maximum Gasteiger partial charge on any atom is 0.267 e. The van der Waals surface area contributed by atoms with Crippen molar-refractivity contribution in [2.45, 2.75) is 6.92 Å². The number of phenols is 1. The van der Waals surface area contributed by atoms with Gasteiger partial charge in [-0.3, -0.25) is 4.79 Å². The Morgan fingerprint density at radius 1 is 1.23 bits per heavy atom. The number of nitriles is 1. The van der Waals surface area contributed by atoms with Gasteiger partial charge in [0.2, 0.25) is 0 Å². The quantitative estimate of drug-likeness (QED) is 0.459. The monoisotopic (exact) mass is 293 g/mol. The Hall–Kier alpha value is -3.26. The summed E-state index contributed by atoms with van der Waals surface area (Å²) >= 11 is 0. The molecule has 0 saturated carbocycles. The van der Waals surface area contributed by atoms with E-state index in [0.717, 1.165) is 5.56 Å². The van der Waals surface area contributed by atoms with Crippen molar-refractivity contribution in [3.63, 3.8) is 0 Å². The molecule has 0 saturated heterocycles. The number of nitrogens with zero attached hydrogens (tertiary/aromatic N) is 1. The van der Waals surface area contributed by atoms with Gasteiger partial charge in [-0.15, -0.1) is 0 Å². The van der Waals surface area contributed by atoms with Gasteiger partial charge in [0.15, 0.2) is 0 Å². The van der Waals surface area contributed by atoms with Gasteiger partial charge < -0.3 is 15.7 Å². The number of benzene rings is 2. The Bertz CT molecular complexity index is 760. The fourth-order valence-corrected chi connectivity index (χ4v) is 1.82. The Morgan fingerprint density at radius 2 is 2.00 bits per heavy atom. The molecule has 0 unspecified atom stereocenters. The highest BCUT2D eigenvalue weighted by Crippen LogP contribution is 2.21. The van der Waals surface area contributed by atoms with Crippen molar-refractivity contribution in [3.8, 4) is 11.8 Å². The van der Waals surface area contributed by atoms with Gasteiger partial charge in [0.1, 0.15) is 17.4 Å². The van der Waals surface area contributed by atoms with Crippen molar-refractivity contribution in [3.05, 3.63) is 65.9 Å². The number of para-hydroxylation sites is 2. The van der Waals surface area contributed by atoms with E-state index >= 15 is 0 Å². The minimum atomic E-state index is -0.518. The molecular weight excluding hydrogens is 278 g/mol. The summed E-state index contributed by atoms with van der Waals surface area (Å²) in [6.07, 6.45) is 1.26. The van der Waals surface area contributed by atoms with Crippen LogP contribution in [0.3, 0.4) is 0 Å². The van der Waals surface area contributed by atoms with E-state index in [2.05, 4.69) is 10.6 Å². The van der Waals surface area contributed by atoms with Crippen molar-refractivity contribution in [2.75, 3.05) is 10.6 Å². The molecule has 0 aliphatic rings. The molecule has 22 heavy (non-hydrogen) atoms. The van der Waals surface area contributed by atoms with E-state index in [-0.39, 0.29) is 11.3 Å².